The molecule has 1 aromatic rings. The van der Waals surface area contributed by atoms with E-state index in [1.54, 1.807) is 13.8 Å². The summed E-state index contributed by atoms with van der Waals surface area (Å²) in [7, 11) is 0. The highest BCUT2D eigenvalue weighted by molar-refractivity contribution is 6.52. The molecule has 0 aliphatic heterocycles. The van der Waals surface area contributed by atoms with E-state index in [9.17, 15) is 26.3 Å². The monoisotopic (exact) mass is 424 g/mol. The molecular weight excluding hydrogens is 409 g/mol. The molecule has 26 heavy (non-hydrogen) atoms. The Morgan fingerprint density at radius 2 is 1.35 bits per heavy atom. The fraction of sp³-hybridized carbons (Fsp3) is 0.625. The number of rotatable bonds is 6. The average Bonchev–Trinajstić information content (AvgIpc) is 3.07. The molecule has 10 heteroatoms. The number of alkyl halides is 8. The van der Waals surface area contributed by atoms with E-state index in [0.717, 1.165) is 0 Å². The Morgan fingerprint density at radius 1 is 0.923 bits per heavy atom. The first-order chi connectivity index (χ1) is 11.8. The second kappa shape index (κ2) is 7.37. The predicted molar refractivity (Wildman–Crippen MR) is 84.2 cm³/mol. The molecule has 1 saturated carbocycles. The standard InChI is InChI=1S/C16H16Cl2F6O2/c1-3-25-13(26-4-2)12-11(14(12,17)18)8-5-9(15(19,20)21)7-10(6-8)16(22,23)24/h5-7,11-13H,3-4H2,1-2H3/t11-,12+/m0/s1. The minimum Gasteiger partial charge on any atom is -0.353 e. The summed E-state index contributed by atoms with van der Waals surface area (Å²) in [6.45, 7) is 3.77. The number of benzene rings is 1. The molecule has 2 nitrogen and oxygen atoms in total. The summed E-state index contributed by atoms with van der Waals surface area (Å²) in [5, 5.41) is 0. The van der Waals surface area contributed by atoms with Crippen molar-refractivity contribution in [2.75, 3.05) is 13.2 Å². The van der Waals surface area contributed by atoms with Crippen molar-refractivity contribution in [3.05, 3.63) is 34.9 Å². The van der Waals surface area contributed by atoms with Crippen molar-refractivity contribution < 1.29 is 35.8 Å². The minimum absolute atomic E-state index is 0.0631. The molecule has 0 saturated heterocycles. The molecule has 0 spiro atoms. The molecule has 0 heterocycles. The summed E-state index contributed by atoms with van der Waals surface area (Å²) in [6, 6.07) is 1.33. The van der Waals surface area contributed by atoms with Gasteiger partial charge in [0.1, 0.15) is 4.33 Å². The lowest BCUT2D eigenvalue weighted by molar-refractivity contribution is -0.149. The number of hydrogen-bond donors (Lipinski definition) is 0. The Morgan fingerprint density at radius 3 is 1.69 bits per heavy atom. The van der Waals surface area contributed by atoms with Crippen LogP contribution in [0.5, 0.6) is 0 Å². The zero-order valence-electron chi connectivity index (χ0n) is 13.7. The van der Waals surface area contributed by atoms with E-state index in [2.05, 4.69) is 0 Å². The van der Waals surface area contributed by atoms with Crippen LogP contribution in [0.1, 0.15) is 36.5 Å². The van der Waals surface area contributed by atoms with Crippen LogP contribution in [0.2, 0.25) is 0 Å². The van der Waals surface area contributed by atoms with Gasteiger partial charge in [-0.2, -0.15) is 26.3 Å². The number of hydrogen-bond acceptors (Lipinski definition) is 2. The minimum atomic E-state index is -4.94. The maximum atomic E-state index is 13.0. The summed E-state index contributed by atoms with van der Waals surface area (Å²) in [6.07, 6.45) is -10.8. The molecule has 0 N–H and O–H groups in total. The summed E-state index contributed by atoms with van der Waals surface area (Å²) in [4.78, 5) is 0. The summed E-state index contributed by atoms with van der Waals surface area (Å²) >= 11 is 12.3. The third-order valence-electron chi connectivity index (χ3n) is 4.03. The molecule has 0 radical (unpaired) electrons. The molecule has 2 atom stereocenters. The molecule has 2 rings (SSSR count). The highest BCUT2D eigenvalue weighted by atomic mass is 35.5. The van der Waals surface area contributed by atoms with E-state index in [4.69, 9.17) is 32.7 Å². The van der Waals surface area contributed by atoms with Gasteiger partial charge in [-0.05, 0) is 37.6 Å². The van der Waals surface area contributed by atoms with Crippen LogP contribution in [-0.2, 0) is 21.8 Å². The molecule has 0 unspecified atom stereocenters. The normalized spacial score (nSPS) is 22.7. The second-order valence-corrected chi connectivity index (χ2v) is 7.24. The average molecular weight is 425 g/mol. The molecular formula is C16H16Cl2F6O2. The van der Waals surface area contributed by atoms with E-state index >= 15 is 0 Å². The third kappa shape index (κ3) is 4.40. The van der Waals surface area contributed by atoms with Gasteiger partial charge in [0.05, 0.1) is 17.0 Å². The number of ether oxygens (including phenoxy) is 2. The van der Waals surface area contributed by atoms with Crippen LogP contribution >= 0.6 is 23.2 Å². The van der Waals surface area contributed by atoms with Crippen molar-refractivity contribution >= 4 is 23.2 Å². The Kier molecular flexibility index (Phi) is 6.12. The van der Waals surface area contributed by atoms with Gasteiger partial charge in [-0.15, -0.1) is 23.2 Å². The topological polar surface area (TPSA) is 18.5 Å². The molecule has 1 aromatic carbocycles. The maximum absolute atomic E-state index is 13.0. The molecule has 148 valence electrons. The van der Waals surface area contributed by atoms with Crippen molar-refractivity contribution in [1.82, 2.24) is 0 Å². The van der Waals surface area contributed by atoms with Crippen LogP contribution < -0.4 is 0 Å². The summed E-state index contributed by atoms with van der Waals surface area (Å²) in [5.74, 6) is -1.78. The summed E-state index contributed by atoms with van der Waals surface area (Å²) < 4.78 is 87.3. The Bertz CT molecular complexity index is 606. The zero-order chi connectivity index (χ0) is 19.9. The Hall–Kier alpha value is -0.700. The van der Waals surface area contributed by atoms with Crippen molar-refractivity contribution in [2.45, 2.75) is 42.7 Å². The van der Waals surface area contributed by atoms with E-state index in [-0.39, 0.29) is 24.8 Å². The van der Waals surface area contributed by atoms with Crippen LogP contribution in [0.25, 0.3) is 0 Å². The van der Waals surface area contributed by atoms with Crippen LogP contribution in [0, 0.1) is 5.92 Å². The van der Waals surface area contributed by atoms with Gasteiger partial charge in [0.25, 0.3) is 0 Å². The van der Waals surface area contributed by atoms with Crippen molar-refractivity contribution in [2.24, 2.45) is 5.92 Å². The lowest BCUT2D eigenvalue weighted by Gasteiger charge is -2.17. The largest absolute Gasteiger partial charge is 0.416 e. The van der Waals surface area contributed by atoms with Crippen molar-refractivity contribution in [1.29, 1.82) is 0 Å². The van der Waals surface area contributed by atoms with Crippen molar-refractivity contribution in [3.63, 3.8) is 0 Å². The quantitative estimate of drug-likeness (QED) is 0.316. The molecule has 0 aromatic heterocycles. The number of halogens is 8. The summed E-state index contributed by atoms with van der Waals surface area (Å²) in [5.41, 5.74) is -3.09. The van der Waals surface area contributed by atoms with E-state index in [1.807, 2.05) is 0 Å². The highest BCUT2D eigenvalue weighted by Gasteiger charge is 2.68. The molecule has 1 fully saturated rings. The van der Waals surface area contributed by atoms with Crippen LogP contribution in [0.3, 0.4) is 0 Å². The second-order valence-electron chi connectivity index (χ2n) is 5.80. The van der Waals surface area contributed by atoms with E-state index < -0.39 is 45.9 Å². The zero-order valence-corrected chi connectivity index (χ0v) is 15.2. The fourth-order valence-corrected chi connectivity index (χ4v) is 3.72. The maximum Gasteiger partial charge on any atom is 0.416 e. The Labute approximate surface area is 156 Å². The van der Waals surface area contributed by atoms with Gasteiger partial charge in [-0.1, -0.05) is 0 Å². The molecule has 1 aliphatic carbocycles. The van der Waals surface area contributed by atoms with Gasteiger partial charge in [-0.25, -0.2) is 0 Å². The first-order valence-corrected chi connectivity index (χ1v) is 8.50. The molecule has 0 amide bonds. The first-order valence-electron chi connectivity index (χ1n) is 7.74. The Balaban J connectivity index is 2.47. The molecule has 1 aliphatic rings. The van der Waals surface area contributed by atoms with Gasteiger partial charge in [-0.3, -0.25) is 0 Å². The van der Waals surface area contributed by atoms with Gasteiger partial charge >= 0.3 is 12.4 Å². The first kappa shape index (κ1) is 21.6. The van der Waals surface area contributed by atoms with E-state index in [1.165, 1.54) is 0 Å². The SMILES string of the molecule is CCOC(OCC)[C@H]1[C@H](c2cc(C(F)(F)F)cc(C(F)(F)F)c2)C1(Cl)Cl. The van der Waals surface area contributed by atoms with Crippen LogP contribution in [0.15, 0.2) is 18.2 Å². The van der Waals surface area contributed by atoms with Gasteiger partial charge in [0, 0.05) is 19.1 Å². The lowest BCUT2D eigenvalue weighted by atomic mass is 10.0. The van der Waals surface area contributed by atoms with Crippen LogP contribution in [0.4, 0.5) is 26.3 Å². The van der Waals surface area contributed by atoms with Gasteiger partial charge in [0.15, 0.2) is 6.29 Å². The fourth-order valence-electron chi connectivity index (χ4n) is 2.86. The lowest BCUT2D eigenvalue weighted by Crippen LogP contribution is -2.22. The van der Waals surface area contributed by atoms with Crippen molar-refractivity contribution in [3.8, 4) is 0 Å². The van der Waals surface area contributed by atoms with Gasteiger partial charge in [0.2, 0.25) is 0 Å². The molecule has 0 bridgehead atoms. The van der Waals surface area contributed by atoms with Gasteiger partial charge < -0.3 is 9.47 Å². The van der Waals surface area contributed by atoms with E-state index in [0.29, 0.717) is 12.1 Å². The van der Waals surface area contributed by atoms with Crippen LogP contribution in [-0.4, -0.2) is 23.8 Å². The highest BCUT2D eigenvalue weighted by Crippen LogP contribution is 2.67. The smallest absolute Gasteiger partial charge is 0.353 e. The third-order valence-corrected chi connectivity index (χ3v) is 5.01. The predicted octanol–water partition coefficient (Wildman–Crippen LogP) is 6.01.